The number of carbonyl (C=O) groups excluding carboxylic acids is 1. The molecule has 0 radical (unpaired) electrons. The van der Waals surface area contributed by atoms with E-state index in [1.165, 1.54) is 12.1 Å². The summed E-state index contributed by atoms with van der Waals surface area (Å²) in [6, 6.07) is 11.5. The van der Waals surface area contributed by atoms with Crippen molar-refractivity contribution in [3.05, 3.63) is 54.1 Å². The first-order valence-electron chi connectivity index (χ1n) is 6.29. The van der Waals surface area contributed by atoms with Gasteiger partial charge in [-0.25, -0.2) is 0 Å². The van der Waals surface area contributed by atoms with Gasteiger partial charge in [0.05, 0.1) is 16.9 Å². The predicted octanol–water partition coefficient (Wildman–Crippen LogP) is 4.63. The summed E-state index contributed by atoms with van der Waals surface area (Å²) >= 11 is 5.43. The Balaban J connectivity index is 2.26. The number of alkyl halides is 4. The molecule has 0 aliphatic rings. The summed E-state index contributed by atoms with van der Waals surface area (Å²) < 4.78 is 38.1. The molecule has 0 atom stereocenters. The van der Waals surface area contributed by atoms with E-state index in [-0.39, 0.29) is 11.6 Å². The van der Waals surface area contributed by atoms with Gasteiger partial charge in [0.2, 0.25) is 5.91 Å². The maximum absolute atomic E-state index is 12.7. The molecule has 0 unspecified atom stereocenters. The van der Waals surface area contributed by atoms with Gasteiger partial charge in [0, 0.05) is 5.69 Å². The highest BCUT2D eigenvalue weighted by molar-refractivity contribution is 6.29. The monoisotopic (exact) mass is 328 g/mol. The van der Waals surface area contributed by atoms with E-state index in [9.17, 15) is 18.0 Å². The van der Waals surface area contributed by atoms with E-state index in [1.807, 2.05) is 0 Å². The van der Waals surface area contributed by atoms with Gasteiger partial charge in [-0.1, -0.05) is 18.2 Å². The highest BCUT2D eigenvalue weighted by Gasteiger charge is 2.30. The molecule has 0 spiro atoms. The molecule has 2 N–H and O–H groups in total. The Morgan fingerprint density at radius 3 is 2.36 bits per heavy atom. The number of halogens is 4. The Morgan fingerprint density at radius 2 is 1.73 bits per heavy atom. The van der Waals surface area contributed by atoms with E-state index in [2.05, 4.69) is 10.6 Å². The van der Waals surface area contributed by atoms with Crippen molar-refractivity contribution >= 4 is 34.6 Å². The molecule has 2 aromatic rings. The third kappa shape index (κ3) is 4.14. The lowest BCUT2D eigenvalue weighted by Gasteiger charge is -2.14. The van der Waals surface area contributed by atoms with Gasteiger partial charge in [-0.05, 0) is 30.3 Å². The molecule has 3 nitrogen and oxygen atoms in total. The van der Waals surface area contributed by atoms with Crippen molar-refractivity contribution < 1.29 is 18.0 Å². The average molecular weight is 329 g/mol. The second-order valence-corrected chi connectivity index (χ2v) is 4.70. The Hall–Kier alpha value is -2.21. The molecule has 22 heavy (non-hydrogen) atoms. The molecule has 0 aliphatic carbocycles. The van der Waals surface area contributed by atoms with Crippen molar-refractivity contribution in [1.82, 2.24) is 0 Å². The molecule has 2 rings (SSSR count). The van der Waals surface area contributed by atoms with Gasteiger partial charge < -0.3 is 10.6 Å². The van der Waals surface area contributed by atoms with Gasteiger partial charge in [-0.3, -0.25) is 4.79 Å². The predicted molar refractivity (Wildman–Crippen MR) is 80.5 cm³/mol. The Morgan fingerprint density at radius 1 is 1.05 bits per heavy atom. The SMILES string of the molecule is O=C(CCl)Nc1ccccc1Nc1cccc(C(F)(F)F)c1. The first-order valence-corrected chi connectivity index (χ1v) is 6.83. The second-order valence-electron chi connectivity index (χ2n) is 4.43. The van der Waals surface area contributed by atoms with Gasteiger partial charge >= 0.3 is 6.18 Å². The quantitative estimate of drug-likeness (QED) is 0.804. The summed E-state index contributed by atoms with van der Waals surface area (Å²) in [4.78, 5) is 11.4. The van der Waals surface area contributed by atoms with Crippen molar-refractivity contribution in [1.29, 1.82) is 0 Å². The van der Waals surface area contributed by atoms with E-state index in [4.69, 9.17) is 11.6 Å². The minimum absolute atomic E-state index is 0.210. The lowest BCUT2D eigenvalue weighted by Crippen LogP contribution is -2.13. The molecule has 116 valence electrons. The Kier molecular flexibility index (Phi) is 4.92. The summed E-state index contributed by atoms with van der Waals surface area (Å²) in [6.45, 7) is 0. The molecule has 7 heteroatoms. The maximum atomic E-state index is 12.7. The van der Waals surface area contributed by atoms with Crippen LogP contribution in [0.25, 0.3) is 0 Å². The van der Waals surface area contributed by atoms with Crippen LogP contribution in [0, 0.1) is 0 Å². The van der Waals surface area contributed by atoms with E-state index in [0.717, 1.165) is 12.1 Å². The number of anilines is 3. The lowest BCUT2D eigenvalue weighted by molar-refractivity contribution is -0.137. The van der Waals surface area contributed by atoms with Crippen LogP contribution in [0.15, 0.2) is 48.5 Å². The number of nitrogens with one attached hydrogen (secondary N) is 2. The Bertz CT molecular complexity index is 674. The smallest absolute Gasteiger partial charge is 0.354 e. The van der Waals surface area contributed by atoms with E-state index >= 15 is 0 Å². The molecular formula is C15H12ClF3N2O. The topological polar surface area (TPSA) is 41.1 Å². The van der Waals surface area contributed by atoms with Crippen LogP contribution in [0.1, 0.15) is 5.56 Å². The summed E-state index contributed by atoms with van der Waals surface area (Å²) in [5.74, 6) is -0.613. The van der Waals surface area contributed by atoms with Gasteiger partial charge in [-0.15, -0.1) is 11.6 Å². The van der Waals surface area contributed by atoms with Crippen molar-refractivity contribution in [2.75, 3.05) is 16.5 Å². The number of rotatable bonds is 4. The molecule has 0 aliphatic heterocycles. The van der Waals surface area contributed by atoms with Gasteiger partial charge in [0.15, 0.2) is 0 Å². The molecule has 1 amide bonds. The summed E-state index contributed by atoms with van der Waals surface area (Å²) in [6.07, 6.45) is -4.41. The molecule has 0 saturated heterocycles. The highest BCUT2D eigenvalue weighted by atomic mass is 35.5. The van der Waals surface area contributed by atoms with Gasteiger partial charge in [0.1, 0.15) is 5.88 Å². The largest absolute Gasteiger partial charge is 0.416 e. The number of amides is 1. The van der Waals surface area contributed by atoms with Gasteiger partial charge in [-0.2, -0.15) is 13.2 Å². The average Bonchev–Trinajstić information content (AvgIpc) is 2.48. The van der Waals surface area contributed by atoms with E-state index < -0.39 is 17.6 Å². The van der Waals surface area contributed by atoms with Crippen LogP contribution in [0.5, 0.6) is 0 Å². The summed E-state index contributed by atoms with van der Waals surface area (Å²) in [5.41, 5.74) is 0.424. The van der Waals surface area contributed by atoms with Crippen LogP contribution in [0.3, 0.4) is 0 Å². The minimum Gasteiger partial charge on any atom is -0.354 e. The van der Waals surface area contributed by atoms with Gasteiger partial charge in [0.25, 0.3) is 0 Å². The number of hydrogen-bond donors (Lipinski definition) is 2. The third-order valence-electron chi connectivity index (χ3n) is 2.79. The van der Waals surface area contributed by atoms with Crippen LogP contribution >= 0.6 is 11.6 Å². The fourth-order valence-electron chi connectivity index (χ4n) is 1.81. The van der Waals surface area contributed by atoms with Crippen molar-refractivity contribution in [3.8, 4) is 0 Å². The van der Waals surface area contributed by atoms with Crippen molar-refractivity contribution in [3.63, 3.8) is 0 Å². The Labute approximate surface area is 130 Å². The fourth-order valence-corrected chi connectivity index (χ4v) is 1.88. The van der Waals surface area contributed by atoms with Crippen LogP contribution in [-0.2, 0) is 11.0 Å². The maximum Gasteiger partial charge on any atom is 0.416 e. The molecule has 0 aromatic heterocycles. The number of carbonyl (C=O) groups is 1. The van der Waals surface area contributed by atoms with E-state index in [1.54, 1.807) is 24.3 Å². The number of benzene rings is 2. The van der Waals surface area contributed by atoms with Crippen LogP contribution in [0.2, 0.25) is 0 Å². The summed E-state index contributed by atoms with van der Waals surface area (Å²) in [7, 11) is 0. The molecule has 0 bridgehead atoms. The first kappa shape index (κ1) is 16.2. The lowest BCUT2D eigenvalue weighted by atomic mass is 10.2. The second kappa shape index (κ2) is 6.70. The molecule has 0 heterocycles. The zero-order valence-corrected chi connectivity index (χ0v) is 12.0. The number of para-hydroxylation sites is 2. The third-order valence-corrected chi connectivity index (χ3v) is 3.03. The molecule has 2 aromatic carbocycles. The standard InChI is InChI=1S/C15H12ClF3N2O/c16-9-14(22)21-13-7-2-1-6-12(13)20-11-5-3-4-10(8-11)15(17,18)19/h1-8,20H,9H2,(H,21,22). The normalized spacial score (nSPS) is 11.1. The first-order chi connectivity index (χ1) is 10.4. The summed E-state index contributed by atoms with van der Waals surface area (Å²) in [5, 5.41) is 5.43. The minimum atomic E-state index is -4.41. The molecule has 0 saturated carbocycles. The van der Waals surface area contributed by atoms with Crippen LogP contribution < -0.4 is 10.6 Å². The van der Waals surface area contributed by atoms with Crippen LogP contribution in [-0.4, -0.2) is 11.8 Å². The van der Waals surface area contributed by atoms with Crippen LogP contribution in [0.4, 0.5) is 30.2 Å². The van der Waals surface area contributed by atoms with Crippen molar-refractivity contribution in [2.24, 2.45) is 0 Å². The zero-order valence-electron chi connectivity index (χ0n) is 11.2. The van der Waals surface area contributed by atoms with E-state index in [0.29, 0.717) is 11.4 Å². The molecular weight excluding hydrogens is 317 g/mol. The molecule has 0 fully saturated rings. The van der Waals surface area contributed by atoms with Crippen molar-refractivity contribution in [2.45, 2.75) is 6.18 Å². The number of hydrogen-bond acceptors (Lipinski definition) is 2. The highest BCUT2D eigenvalue weighted by Crippen LogP contribution is 2.32. The zero-order chi connectivity index (χ0) is 16.2. The fraction of sp³-hybridized carbons (Fsp3) is 0.133.